The third-order valence-corrected chi connectivity index (χ3v) is 3.64. The first-order chi connectivity index (χ1) is 9.04. The van der Waals surface area contributed by atoms with Gasteiger partial charge in [0.05, 0.1) is 6.54 Å². The number of amides is 2. The van der Waals surface area contributed by atoms with Gasteiger partial charge in [0.1, 0.15) is 6.04 Å². The van der Waals surface area contributed by atoms with Crippen molar-refractivity contribution in [2.75, 3.05) is 19.6 Å². The monoisotopic (exact) mass is 269 g/mol. The van der Waals surface area contributed by atoms with Crippen LogP contribution in [-0.4, -0.2) is 48.4 Å². The standard InChI is InChI=1S/C14H27N3O2/c1-4-11(2)15-10-13(18)16-12(3)14(19)17-8-6-5-7-9-17/h11-12,15H,4-10H2,1-3H3,(H,16,18). The summed E-state index contributed by atoms with van der Waals surface area (Å²) in [6.45, 7) is 7.78. The Morgan fingerprint density at radius 3 is 2.37 bits per heavy atom. The van der Waals surface area contributed by atoms with Crippen LogP contribution in [0.1, 0.15) is 46.5 Å². The van der Waals surface area contributed by atoms with E-state index in [-0.39, 0.29) is 18.4 Å². The van der Waals surface area contributed by atoms with E-state index in [0.717, 1.165) is 32.4 Å². The van der Waals surface area contributed by atoms with Crippen LogP contribution in [0, 0.1) is 0 Å². The molecular formula is C14H27N3O2. The molecule has 19 heavy (non-hydrogen) atoms. The van der Waals surface area contributed by atoms with E-state index in [4.69, 9.17) is 0 Å². The fourth-order valence-corrected chi connectivity index (χ4v) is 2.15. The molecular weight excluding hydrogens is 242 g/mol. The average molecular weight is 269 g/mol. The lowest BCUT2D eigenvalue weighted by atomic mass is 10.1. The number of hydrogen-bond donors (Lipinski definition) is 2. The molecule has 2 N–H and O–H groups in total. The molecule has 2 atom stereocenters. The van der Waals surface area contributed by atoms with Gasteiger partial charge in [0.25, 0.3) is 0 Å². The highest BCUT2D eigenvalue weighted by Gasteiger charge is 2.23. The molecule has 5 heteroatoms. The molecule has 0 aromatic rings. The molecule has 1 fully saturated rings. The van der Waals surface area contributed by atoms with Gasteiger partial charge in [-0.3, -0.25) is 9.59 Å². The minimum absolute atomic E-state index is 0.0385. The van der Waals surface area contributed by atoms with E-state index in [1.165, 1.54) is 6.42 Å². The summed E-state index contributed by atoms with van der Waals surface area (Å²) in [6, 6.07) is -0.108. The van der Waals surface area contributed by atoms with Crippen molar-refractivity contribution in [3.05, 3.63) is 0 Å². The molecule has 0 saturated carbocycles. The van der Waals surface area contributed by atoms with E-state index in [9.17, 15) is 9.59 Å². The van der Waals surface area contributed by atoms with Gasteiger partial charge in [-0.05, 0) is 39.5 Å². The predicted octanol–water partition coefficient (Wildman–Crippen LogP) is 0.892. The Morgan fingerprint density at radius 1 is 1.16 bits per heavy atom. The number of likely N-dealkylation sites (tertiary alicyclic amines) is 1. The van der Waals surface area contributed by atoms with Crippen LogP contribution in [0.15, 0.2) is 0 Å². The molecule has 1 aliphatic rings. The summed E-state index contributed by atoms with van der Waals surface area (Å²) >= 11 is 0. The average Bonchev–Trinajstić information content (AvgIpc) is 2.44. The summed E-state index contributed by atoms with van der Waals surface area (Å²) in [7, 11) is 0. The smallest absolute Gasteiger partial charge is 0.244 e. The lowest BCUT2D eigenvalue weighted by molar-refractivity contribution is -0.136. The van der Waals surface area contributed by atoms with Crippen molar-refractivity contribution in [1.29, 1.82) is 0 Å². The zero-order valence-corrected chi connectivity index (χ0v) is 12.4. The molecule has 0 aromatic heterocycles. The zero-order valence-electron chi connectivity index (χ0n) is 12.4. The van der Waals surface area contributed by atoms with Crippen molar-refractivity contribution >= 4 is 11.8 Å². The molecule has 1 rings (SSSR count). The molecule has 0 bridgehead atoms. The summed E-state index contributed by atoms with van der Waals surface area (Å²) in [4.78, 5) is 25.7. The molecule has 2 amide bonds. The maximum Gasteiger partial charge on any atom is 0.244 e. The van der Waals surface area contributed by atoms with E-state index in [1.54, 1.807) is 6.92 Å². The number of nitrogens with one attached hydrogen (secondary N) is 2. The van der Waals surface area contributed by atoms with Crippen molar-refractivity contribution in [2.24, 2.45) is 0 Å². The third-order valence-electron chi connectivity index (χ3n) is 3.64. The summed E-state index contributed by atoms with van der Waals surface area (Å²) in [5.41, 5.74) is 0. The van der Waals surface area contributed by atoms with Crippen molar-refractivity contribution < 1.29 is 9.59 Å². The normalized spacial score (nSPS) is 18.8. The highest BCUT2D eigenvalue weighted by Crippen LogP contribution is 2.09. The third kappa shape index (κ3) is 5.59. The van der Waals surface area contributed by atoms with Crippen molar-refractivity contribution in [2.45, 2.75) is 58.5 Å². The Kier molecular flexibility index (Phi) is 6.84. The molecule has 0 radical (unpaired) electrons. The van der Waals surface area contributed by atoms with E-state index < -0.39 is 6.04 Å². The quantitative estimate of drug-likeness (QED) is 0.753. The van der Waals surface area contributed by atoms with E-state index in [1.807, 2.05) is 11.8 Å². The lowest BCUT2D eigenvalue weighted by Gasteiger charge is -2.29. The second-order valence-corrected chi connectivity index (χ2v) is 5.37. The zero-order chi connectivity index (χ0) is 14.3. The van der Waals surface area contributed by atoms with Gasteiger partial charge in [-0.2, -0.15) is 0 Å². The molecule has 0 aliphatic carbocycles. The fourth-order valence-electron chi connectivity index (χ4n) is 2.15. The minimum atomic E-state index is -0.427. The van der Waals surface area contributed by atoms with Crippen molar-refractivity contribution in [1.82, 2.24) is 15.5 Å². The lowest BCUT2D eigenvalue weighted by Crippen LogP contribution is -2.50. The molecule has 1 aliphatic heterocycles. The SMILES string of the molecule is CCC(C)NCC(=O)NC(C)C(=O)N1CCCCC1. The number of rotatable bonds is 6. The highest BCUT2D eigenvalue weighted by atomic mass is 16.2. The maximum absolute atomic E-state index is 12.1. The number of carbonyl (C=O) groups is 2. The first kappa shape index (κ1) is 16.0. The number of carbonyl (C=O) groups excluding carboxylic acids is 2. The van der Waals surface area contributed by atoms with Gasteiger partial charge in [-0.1, -0.05) is 6.92 Å². The summed E-state index contributed by atoms with van der Waals surface area (Å²) in [5.74, 6) is -0.0743. The second-order valence-electron chi connectivity index (χ2n) is 5.37. The van der Waals surface area contributed by atoms with Crippen LogP contribution in [0.25, 0.3) is 0 Å². The maximum atomic E-state index is 12.1. The van der Waals surface area contributed by atoms with Crippen LogP contribution < -0.4 is 10.6 Å². The predicted molar refractivity (Wildman–Crippen MR) is 75.8 cm³/mol. The first-order valence-corrected chi connectivity index (χ1v) is 7.36. The topological polar surface area (TPSA) is 61.4 Å². The van der Waals surface area contributed by atoms with Gasteiger partial charge in [0, 0.05) is 19.1 Å². The number of nitrogens with zero attached hydrogens (tertiary/aromatic N) is 1. The van der Waals surface area contributed by atoms with Crippen LogP contribution in [0.4, 0.5) is 0 Å². The van der Waals surface area contributed by atoms with Gasteiger partial charge in [-0.25, -0.2) is 0 Å². The van der Waals surface area contributed by atoms with Crippen LogP contribution in [-0.2, 0) is 9.59 Å². The second kappa shape index (κ2) is 8.15. The summed E-state index contributed by atoms with van der Waals surface area (Å²) in [6.07, 6.45) is 4.32. The van der Waals surface area contributed by atoms with Gasteiger partial charge in [0.15, 0.2) is 0 Å². The molecule has 2 unspecified atom stereocenters. The molecule has 0 aromatic carbocycles. The molecule has 5 nitrogen and oxygen atoms in total. The van der Waals surface area contributed by atoms with Crippen LogP contribution >= 0.6 is 0 Å². The van der Waals surface area contributed by atoms with E-state index in [2.05, 4.69) is 17.6 Å². The highest BCUT2D eigenvalue weighted by molar-refractivity contribution is 5.88. The summed E-state index contributed by atoms with van der Waals surface area (Å²) < 4.78 is 0. The largest absolute Gasteiger partial charge is 0.343 e. The number of piperidine rings is 1. The Labute approximate surface area is 116 Å². The van der Waals surface area contributed by atoms with E-state index >= 15 is 0 Å². The van der Waals surface area contributed by atoms with Crippen LogP contribution in [0.3, 0.4) is 0 Å². The molecule has 0 spiro atoms. The molecule has 1 saturated heterocycles. The van der Waals surface area contributed by atoms with Crippen molar-refractivity contribution in [3.63, 3.8) is 0 Å². The Balaban J connectivity index is 2.30. The first-order valence-electron chi connectivity index (χ1n) is 7.36. The van der Waals surface area contributed by atoms with Crippen LogP contribution in [0.2, 0.25) is 0 Å². The minimum Gasteiger partial charge on any atom is -0.343 e. The Hall–Kier alpha value is -1.10. The van der Waals surface area contributed by atoms with Crippen LogP contribution in [0.5, 0.6) is 0 Å². The van der Waals surface area contributed by atoms with Gasteiger partial charge in [0.2, 0.25) is 11.8 Å². The van der Waals surface area contributed by atoms with Crippen molar-refractivity contribution in [3.8, 4) is 0 Å². The van der Waals surface area contributed by atoms with Gasteiger partial charge in [-0.15, -0.1) is 0 Å². The molecule has 1 heterocycles. The van der Waals surface area contributed by atoms with E-state index in [0.29, 0.717) is 6.04 Å². The van der Waals surface area contributed by atoms with Gasteiger partial charge < -0.3 is 15.5 Å². The number of hydrogen-bond acceptors (Lipinski definition) is 3. The Morgan fingerprint density at radius 2 is 1.79 bits per heavy atom. The fraction of sp³-hybridized carbons (Fsp3) is 0.857. The Bertz CT molecular complexity index is 301. The molecule has 110 valence electrons. The van der Waals surface area contributed by atoms with Gasteiger partial charge >= 0.3 is 0 Å². The summed E-state index contributed by atoms with van der Waals surface area (Å²) in [5, 5.41) is 5.88.